The van der Waals surface area contributed by atoms with Crippen LogP contribution in [0.25, 0.3) is 0 Å². The van der Waals surface area contributed by atoms with Gasteiger partial charge in [-0.3, -0.25) is 4.79 Å². The van der Waals surface area contributed by atoms with E-state index in [9.17, 15) is 4.79 Å². The Morgan fingerprint density at radius 3 is 3.18 bits per heavy atom. The second kappa shape index (κ2) is 5.72. The number of nitrogens with zero attached hydrogens (tertiary/aromatic N) is 3. The number of carbonyl (C=O) groups excluding carboxylic acids is 1. The molecule has 0 aliphatic carbocycles. The van der Waals surface area contributed by atoms with Crippen LogP contribution in [0.5, 0.6) is 0 Å². The highest BCUT2D eigenvalue weighted by molar-refractivity contribution is 5.93. The van der Waals surface area contributed by atoms with Crippen LogP contribution in [-0.2, 0) is 4.74 Å². The third-order valence-corrected chi connectivity index (χ3v) is 2.87. The number of hydrogen-bond donors (Lipinski definition) is 0. The minimum Gasteiger partial charge on any atom is -0.375 e. The van der Waals surface area contributed by atoms with Crippen molar-refractivity contribution in [1.82, 2.24) is 15.1 Å². The van der Waals surface area contributed by atoms with E-state index in [1.54, 1.807) is 6.07 Å². The number of aromatic nitrogens is 2. The van der Waals surface area contributed by atoms with E-state index in [1.807, 2.05) is 4.90 Å². The van der Waals surface area contributed by atoms with Crippen LogP contribution in [0.2, 0.25) is 0 Å². The molecule has 1 aromatic heterocycles. The van der Waals surface area contributed by atoms with Crippen LogP contribution >= 0.6 is 0 Å². The quantitative estimate of drug-likeness (QED) is 0.787. The monoisotopic (exact) mass is 235 g/mol. The van der Waals surface area contributed by atoms with Crippen LogP contribution < -0.4 is 0 Å². The van der Waals surface area contributed by atoms with Gasteiger partial charge in [0.25, 0.3) is 5.91 Å². The molecule has 5 heteroatoms. The standard InChI is InChI=1S/C12H17N3O2/c1-2-3-11-9-15(6-7-17-11)12(16)10-4-5-13-14-8-10/h4-5,8,11H,2-3,6-7,9H2,1H3. The molecule has 0 saturated carbocycles. The van der Waals surface area contributed by atoms with Crippen molar-refractivity contribution in [3.8, 4) is 0 Å². The van der Waals surface area contributed by atoms with Crippen molar-refractivity contribution in [2.45, 2.75) is 25.9 Å². The van der Waals surface area contributed by atoms with Gasteiger partial charge < -0.3 is 9.64 Å². The zero-order valence-corrected chi connectivity index (χ0v) is 10.0. The van der Waals surface area contributed by atoms with Crippen molar-refractivity contribution >= 4 is 5.91 Å². The van der Waals surface area contributed by atoms with E-state index in [0.717, 1.165) is 12.8 Å². The minimum absolute atomic E-state index is 0.0179. The summed E-state index contributed by atoms with van der Waals surface area (Å²) in [5.41, 5.74) is 0.595. The Labute approximate surface area is 101 Å². The molecule has 0 radical (unpaired) electrons. The summed E-state index contributed by atoms with van der Waals surface area (Å²) in [6, 6.07) is 1.69. The molecule has 1 amide bonds. The molecule has 1 saturated heterocycles. The second-order valence-corrected chi connectivity index (χ2v) is 4.16. The number of rotatable bonds is 3. The van der Waals surface area contributed by atoms with Crippen LogP contribution in [-0.4, -0.2) is 46.8 Å². The van der Waals surface area contributed by atoms with Crippen molar-refractivity contribution < 1.29 is 9.53 Å². The predicted molar refractivity (Wildman–Crippen MR) is 62.6 cm³/mol. The first kappa shape index (κ1) is 12.0. The number of carbonyl (C=O) groups is 1. The lowest BCUT2D eigenvalue weighted by Crippen LogP contribution is -2.45. The third-order valence-electron chi connectivity index (χ3n) is 2.87. The van der Waals surface area contributed by atoms with Gasteiger partial charge in [-0.2, -0.15) is 10.2 Å². The van der Waals surface area contributed by atoms with Gasteiger partial charge in [-0.1, -0.05) is 13.3 Å². The molecular formula is C12H17N3O2. The van der Waals surface area contributed by atoms with Crippen LogP contribution in [0.15, 0.2) is 18.5 Å². The molecule has 0 aromatic carbocycles. The fourth-order valence-corrected chi connectivity index (χ4v) is 2.00. The molecule has 1 fully saturated rings. The van der Waals surface area contributed by atoms with E-state index in [-0.39, 0.29) is 12.0 Å². The number of amides is 1. The highest BCUT2D eigenvalue weighted by Crippen LogP contribution is 2.13. The molecule has 0 spiro atoms. The van der Waals surface area contributed by atoms with Gasteiger partial charge >= 0.3 is 0 Å². The van der Waals surface area contributed by atoms with Crippen LogP contribution in [0, 0.1) is 0 Å². The van der Waals surface area contributed by atoms with E-state index in [0.29, 0.717) is 25.3 Å². The van der Waals surface area contributed by atoms with Gasteiger partial charge in [0, 0.05) is 13.1 Å². The molecule has 1 aromatic rings. The summed E-state index contributed by atoms with van der Waals surface area (Å²) in [6.07, 6.45) is 5.29. The van der Waals surface area contributed by atoms with E-state index in [2.05, 4.69) is 17.1 Å². The molecule has 1 unspecified atom stereocenters. The fraction of sp³-hybridized carbons (Fsp3) is 0.583. The first-order valence-corrected chi connectivity index (χ1v) is 5.99. The summed E-state index contributed by atoms with van der Waals surface area (Å²) in [5, 5.41) is 7.40. The van der Waals surface area contributed by atoms with Gasteiger partial charge in [0.1, 0.15) is 0 Å². The molecule has 5 nitrogen and oxygen atoms in total. The van der Waals surface area contributed by atoms with Gasteiger partial charge in [-0.15, -0.1) is 0 Å². The molecule has 92 valence electrons. The smallest absolute Gasteiger partial charge is 0.255 e. The van der Waals surface area contributed by atoms with Gasteiger partial charge in [0.15, 0.2) is 0 Å². The van der Waals surface area contributed by atoms with E-state index < -0.39 is 0 Å². The van der Waals surface area contributed by atoms with E-state index in [4.69, 9.17) is 4.74 Å². The molecule has 2 heterocycles. The average Bonchev–Trinajstić information content (AvgIpc) is 2.40. The second-order valence-electron chi connectivity index (χ2n) is 4.16. The summed E-state index contributed by atoms with van der Waals surface area (Å²) in [6.45, 7) is 4.07. The highest BCUT2D eigenvalue weighted by atomic mass is 16.5. The lowest BCUT2D eigenvalue weighted by atomic mass is 10.1. The Balaban J connectivity index is 2.00. The first-order valence-electron chi connectivity index (χ1n) is 5.99. The normalized spacial score (nSPS) is 20.3. The van der Waals surface area contributed by atoms with Crippen LogP contribution in [0.3, 0.4) is 0 Å². The highest BCUT2D eigenvalue weighted by Gasteiger charge is 2.24. The van der Waals surface area contributed by atoms with Crippen molar-refractivity contribution in [2.75, 3.05) is 19.7 Å². The number of morpholine rings is 1. The average molecular weight is 235 g/mol. The van der Waals surface area contributed by atoms with Crippen molar-refractivity contribution in [3.05, 3.63) is 24.0 Å². The zero-order valence-electron chi connectivity index (χ0n) is 10.0. The Hall–Kier alpha value is -1.49. The SMILES string of the molecule is CCCC1CN(C(=O)c2ccnnc2)CCO1. The lowest BCUT2D eigenvalue weighted by molar-refractivity contribution is -0.0250. The van der Waals surface area contributed by atoms with Gasteiger partial charge in [-0.25, -0.2) is 0 Å². The van der Waals surface area contributed by atoms with E-state index >= 15 is 0 Å². The molecule has 1 aliphatic heterocycles. The number of ether oxygens (including phenoxy) is 1. The zero-order chi connectivity index (χ0) is 12.1. The van der Waals surface area contributed by atoms with Crippen molar-refractivity contribution in [2.24, 2.45) is 0 Å². The Bertz CT molecular complexity index is 367. The van der Waals surface area contributed by atoms with Crippen LogP contribution in [0.1, 0.15) is 30.1 Å². The molecular weight excluding hydrogens is 218 g/mol. The van der Waals surface area contributed by atoms with Gasteiger partial charge in [0.05, 0.1) is 30.7 Å². The van der Waals surface area contributed by atoms with Crippen LogP contribution in [0.4, 0.5) is 0 Å². The summed E-state index contributed by atoms with van der Waals surface area (Å²) < 4.78 is 5.61. The Morgan fingerprint density at radius 2 is 2.47 bits per heavy atom. The maximum absolute atomic E-state index is 12.2. The minimum atomic E-state index is 0.0179. The molecule has 1 aliphatic rings. The van der Waals surface area contributed by atoms with Gasteiger partial charge in [-0.05, 0) is 12.5 Å². The molecule has 0 bridgehead atoms. The predicted octanol–water partition coefficient (Wildman–Crippen LogP) is 1.12. The van der Waals surface area contributed by atoms with Gasteiger partial charge in [0.2, 0.25) is 0 Å². The van der Waals surface area contributed by atoms with Crippen molar-refractivity contribution in [1.29, 1.82) is 0 Å². The summed E-state index contributed by atoms with van der Waals surface area (Å²) in [4.78, 5) is 14.0. The Morgan fingerprint density at radius 1 is 1.59 bits per heavy atom. The maximum atomic E-state index is 12.2. The fourth-order valence-electron chi connectivity index (χ4n) is 2.00. The Kier molecular flexibility index (Phi) is 4.03. The maximum Gasteiger partial charge on any atom is 0.255 e. The van der Waals surface area contributed by atoms with Crippen molar-refractivity contribution in [3.63, 3.8) is 0 Å². The summed E-state index contributed by atoms with van der Waals surface area (Å²) in [5.74, 6) is 0.0179. The first-order chi connectivity index (χ1) is 8.31. The molecule has 17 heavy (non-hydrogen) atoms. The lowest BCUT2D eigenvalue weighted by Gasteiger charge is -2.32. The number of hydrogen-bond acceptors (Lipinski definition) is 4. The summed E-state index contributed by atoms with van der Waals surface area (Å²) >= 11 is 0. The molecule has 2 rings (SSSR count). The summed E-state index contributed by atoms with van der Waals surface area (Å²) in [7, 11) is 0. The molecule has 1 atom stereocenters. The van der Waals surface area contributed by atoms with E-state index in [1.165, 1.54) is 12.4 Å². The molecule has 0 N–H and O–H groups in total. The third kappa shape index (κ3) is 3.00. The topological polar surface area (TPSA) is 55.3 Å². The largest absolute Gasteiger partial charge is 0.375 e.